The smallest absolute Gasteiger partial charge is 0.240 e. The number of nitrogens with one attached hydrogen (secondary N) is 1. The van der Waals surface area contributed by atoms with Crippen molar-refractivity contribution in [2.45, 2.75) is 51.1 Å². The van der Waals surface area contributed by atoms with Gasteiger partial charge in [0.05, 0.1) is 0 Å². The molecule has 1 heterocycles. The first kappa shape index (κ1) is 12.4. The molecule has 1 aromatic rings. The van der Waals surface area contributed by atoms with E-state index >= 15 is 0 Å². The summed E-state index contributed by atoms with van der Waals surface area (Å²) < 4.78 is 1.65. The zero-order valence-electron chi connectivity index (χ0n) is 9.86. The summed E-state index contributed by atoms with van der Waals surface area (Å²) in [4.78, 5) is 15.7. The number of aromatic nitrogens is 2. The van der Waals surface area contributed by atoms with Gasteiger partial charge in [0.25, 0.3) is 0 Å². The molecule has 1 N–H and O–H groups in total. The molecule has 1 saturated carbocycles. The van der Waals surface area contributed by atoms with Gasteiger partial charge in [-0.1, -0.05) is 25.7 Å². The molecule has 0 radical (unpaired) electrons. The topological polar surface area (TPSA) is 46.9 Å². The highest BCUT2D eigenvalue weighted by Crippen LogP contribution is 2.17. The Bertz CT molecular complexity index is 370. The van der Waals surface area contributed by atoms with Crippen molar-refractivity contribution in [3.05, 3.63) is 17.7 Å². The van der Waals surface area contributed by atoms with E-state index in [1.807, 2.05) is 0 Å². The molecule has 4 nitrogen and oxygen atoms in total. The van der Waals surface area contributed by atoms with Crippen LogP contribution in [0, 0.1) is 0 Å². The Balaban J connectivity index is 1.82. The van der Waals surface area contributed by atoms with Gasteiger partial charge in [-0.05, 0) is 24.4 Å². The molecule has 0 aliphatic heterocycles. The Morgan fingerprint density at radius 1 is 1.41 bits per heavy atom. The number of nitrogens with zero attached hydrogens (tertiary/aromatic N) is 2. The number of amides is 1. The number of halogens is 1. The number of hydrogen-bond donors (Lipinski definition) is 1. The summed E-state index contributed by atoms with van der Waals surface area (Å²) >= 11 is 5.82. The second kappa shape index (κ2) is 6.05. The molecule has 94 valence electrons. The summed E-state index contributed by atoms with van der Waals surface area (Å²) in [6, 6.07) is 0.340. The van der Waals surface area contributed by atoms with Gasteiger partial charge in [-0.3, -0.25) is 4.79 Å². The van der Waals surface area contributed by atoms with E-state index in [4.69, 9.17) is 11.6 Å². The van der Waals surface area contributed by atoms with Crippen LogP contribution in [-0.4, -0.2) is 21.5 Å². The summed E-state index contributed by atoms with van der Waals surface area (Å²) in [7, 11) is 0. The van der Waals surface area contributed by atoms with Crippen molar-refractivity contribution < 1.29 is 4.79 Å². The summed E-state index contributed by atoms with van der Waals surface area (Å²) in [5.41, 5.74) is 0. The molecule has 1 fully saturated rings. The van der Waals surface area contributed by atoms with Crippen LogP contribution < -0.4 is 5.32 Å². The Labute approximate surface area is 106 Å². The lowest BCUT2D eigenvalue weighted by atomic mass is 10.1. The van der Waals surface area contributed by atoms with Gasteiger partial charge in [-0.15, -0.1) is 0 Å². The Morgan fingerprint density at radius 2 is 2.12 bits per heavy atom. The van der Waals surface area contributed by atoms with E-state index in [9.17, 15) is 4.79 Å². The Morgan fingerprint density at radius 3 is 2.71 bits per heavy atom. The van der Waals surface area contributed by atoms with Crippen molar-refractivity contribution in [2.75, 3.05) is 0 Å². The molecule has 1 amide bonds. The monoisotopic (exact) mass is 255 g/mol. The first-order valence-electron chi connectivity index (χ1n) is 6.22. The molecule has 0 unspecified atom stereocenters. The molecule has 0 saturated heterocycles. The highest BCUT2D eigenvalue weighted by molar-refractivity contribution is 6.28. The fraction of sp³-hybridized carbons (Fsp3) is 0.667. The van der Waals surface area contributed by atoms with Crippen LogP contribution in [-0.2, 0) is 11.3 Å². The second-order valence-corrected chi connectivity index (χ2v) is 4.92. The van der Waals surface area contributed by atoms with Crippen molar-refractivity contribution in [3.63, 3.8) is 0 Å². The minimum atomic E-state index is 0.0248. The molecule has 0 bridgehead atoms. The maximum atomic E-state index is 11.8. The van der Waals surface area contributed by atoms with E-state index in [0.29, 0.717) is 11.3 Å². The van der Waals surface area contributed by atoms with Gasteiger partial charge >= 0.3 is 0 Å². The van der Waals surface area contributed by atoms with Gasteiger partial charge in [0.15, 0.2) is 0 Å². The fourth-order valence-electron chi connectivity index (χ4n) is 2.28. The van der Waals surface area contributed by atoms with Gasteiger partial charge in [-0.2, -0.15) is 0 Å². The average molecular weight is 256 g/mol. The van der Waals surface area contributed by atoms with Crippen molar-refractivity contribution >= 4 is 17.5 Å². The first-order chi connectivity index (χ1) is 8.25. The maximum Gasteiger partial charge on any atom is 0.240 e. The largest absolute Gasteiger partial charge is 0.352 e. The predicted molar refractivity (Wildman–Crippen MR) is 66.9 cm³/mol. The molecule has 17 heavy (non-hydrogen) atoms. The van der Waals surface area contributed by atoms with Crippen LogP contribution >= 0.6 is 11.6 Å². The van der Waals surface area contributed by atoms with Crippen LogP contribution in [0.2, 0.25) is 5.28 Å². The van der Waals surface area contributed by atoms with Crippen molar-refractivity contribution in [1.82, 2.24) is 14.9 Å². The summed E-state index contributed by atoms with van der Waals surface area (Å²) in [6.45, 7) is 0.259. The summed E-state index contributed by atoms with van der Waals surface area (Å²) in [5, 5.41) is 3.44. The fourth-order valence-corrected chi connectivity index (χ4v) is 2.45. The number of imidazole rings is 1. The number of carbonyl (C=O) groups excluding carboxylic acids is 1. The zero-order chi connectivity index (χ0) is 12.1. The first-order valence-corrected chi connectivity index (χ1v) is 6.59. The van der Waals surface area contributed by atoms with Crippen molar-refractivity contribution in [2.24, 2.45) is 0 Å². The van der Waals surface area contributed by atoms with E-state index in [1.54, 1.807) is 17.0 Å². The molecule has 2 rings (SSSR count). The third-order valence-electron chi connectivity index (χ3n) is 3.20. The van der Waals surface area contributed by atoms with E-state index < -0.39 is 0 Å². The normalized spacial score (nSPS) is 17.7. The number of carbonyl (C=O) groups is 1. The lowest BCUT2D eigenvalue weighted by molar-refractivity contribution is -0.122. The van der Waals surface area contributed by atoms with Gasteiger partial charge in [0.2, 0.25) is 11.2 Å². The molecule has 0 aromatic carbocycles. The minimum absolute atomic E-state index is 0.0248. The third-order valence-corrected chi connectivity index (χ3v) is 3.51. The van der Waals surface area contributed by atoms with Crippen LogP contribution in [0.5, 0.6) is 0 Å². The summed E-state index contributed by atoms with van der Waals surface area (Å²) in [5.74, 6) is 0.0248. The standard InChI is InChI=1S/C12H18ClN3O/c13-12-14-7-8-16(12)9-11(17)15-10-5-3-1-2-4-6-10/h7-8,10H,1-6,9H2,(H,15,17). The SMILES string of the molecule is O=C(Cn1ccnc1Cl)NC1CCCCCC1. The molecule has 1 aliphatic rings. The number of hydrogen-bond acceptors (Lipinski definition) is 2. The molecular weight excluding hydrogens is 238 g/mol. The maximum absolute atomic E-state index is 11.8. The molecule has 5 heteroatoms. The Hall–Kier alpha value is -1.03. The quantitative estimate of drug-likeness (QED) is 0.843. The van der Waals surface area contributed by atoms with Crippen LogP contribution in [0.1, 0.15) is 38.5 Å². The Kier molecular flexibility index (Phi) is 4.42. The van der Waals surface area contributed by atoms with Gasteiger partial charge in [0.1, 0.15) is 6.54 Å². The molecule has 1 aliphatic carbocycles. The summed E-state index contributed by atoms with van der Waals surface area (Å²) in [6.07, 6.45) is 10.5. The number of rotatable bonds is 3. The van der Waals surface area contributed by atoms with Crippen molar-refractivity contribution in [1.29, 1.82) is 0 Å². The van der Waals surface area contributed by atoms with Crippen molar-refractivity contribution in [3.8, 4) is 0 Å². The molecule has 0 atom stereocenters. The molecular formula is C12H18ClN3O. The van der Waals surface area contributed by atoms with E-state index in [0.717, 1.165) is 12.8 Å². The zero-order valence-corrected chi connectivity index (χ0v) is 10.6. The lowest BCUT2D eigenvalue weighted by Gasteiger charge is -2.16. The van der Waals surface area contributed by atoms with E-state index in [1.165, 1.54) is 25.7 Å². The van der Waals surface area contributed by atoms with Crippen LogP contribution in [0.3, 0.4) is 0 Å². The minimum Gasteiger partial charge on any atom is -0.352 e. The highest BCUT2D eigenvalue weighted by atomic mass is 35.5. The molecule has 1 aromatic heterocycles. The van der Waals surface area contributed by atoms with Gasteiger partial charge < -0.3 is 9.88 Å². The van der Waals surface area contributed by atoms with Gasteiger partial charge in [0, 0.05) is 18.4 Å². The predicted octanol–water partition coefficient (Wildman–Crippen LogP) is 2.38. The van der Waals surface area contributed by atoms with E-state index in [2.05, 4.69) is 10.3 Å². The molecule has 0 spiro atoms. The highest BCUT2D eigenvalue weighted by Gasteiger charge is 2.15. The third kappa shape index (κ3) is 3.73. The van der Waals surface area contributed by atoms with E-state index in [-0.39, 0.29) is 12.5 Å². The second-order valence-electron chi connectivity index (χ2n) is 4.58. The average Bonchev–Trinajstić information content (AvgIpc) is 2.55. The lowest BCUT2D eigenvalue weighted by Crippen LogP contribution is -2.36. The van der Waals surface area contributed by atoms with Crippen LogP contribution in [0.4, 0.5) is 0 Å². The van der Waals surface area contributed by atoms with Crippen LogP contribution in [0.25, 0.3) is 0 Å². The van der Waals surface area contributed by atoms with Crippen LogP contribution in [0.15, 0.2) is 12.4 Å². The van der Waals surface area contributed by atoms with Gasteiger partial charge in [-0.25, -0.2) is 4.98 Å².